The van der Waals surface area contributed by atoms with Crippen molar-refractivity contribution in [1.82, 2.24) is 0 Å². The van der Waals surface area contributed by atoms with Crippen LogP contribution in [0.1, 0.15) is 32.6 Å². The van der Waals surface area contributed by atoms with Crippen LogP contribution in [0.4, 0.5) is 0 Å². The molecule has 5 heteroatoms. The van der Waals surface area contributed by atoms with E-state index in [1.165, 1.54) is 0 Å². The van der Waals surface area contributed by atoms with Crippen molar-refractivity contribution in [2.45, 2.75) is 57.0 Å². The lowest BCUT2D eigenvalue weighted by molar-refractivity contribution is -0.208. The highest BCUT2D eigenvalue weighted by Gasteiger charge is 2.38. The topological polar surface area (TPSA) is 79.2 Å². The Morgan fingerprint density at radius 1 is 1.21 bits per heavy atom. The third-order valence-corrected chi connectivity index (χ3v) is 3.27. The van der Waals surface area contributed by atoms with Crippen LogP contribution < -0.4 is 0 Å². The molecule has 0 aromatic heterocycles. The zero-order chi connectivity index (χ0) is 14.1. The molecule has 0 aromatic carbocycles. The van der Waals surface area contributed by atoms with E-state index in [2.05, 4.69) is 19.1 Å². The number of aliphatic hydroxyl groups is 3. The number of hydrogen-bond acceptors (Lipinski definition) is 5. The van der Waals surface area contributed by atoms with Gasteiger partial charge in [-0.3, -0.25) is 0 Å². The van der Waals surface area contributed by atoms with Gasteiger partial charge in [-0.15, -0.1) is 0 Å². The number of allylic oxidation sites excluding steroid dienone is 2. The summed E-state index contributed by atoms with van der Waals surface area (Å²) >= 11 is 0. The fourth-order valence-corrected chi connectivity index (χ4v) is 2.05. The Hall–Kier alpha value is -0.460. The fourth-order valence-electron chi connectivity index (χ4n) is 2.05. The smallest absolute Gasteiger partial charge is 0.111 e. The van der Waals surface area contributed by atoms with E-state index < -0.39 is 24.4 Å². The molecule has 0 unspecified atom stereocenters. The first-order valence-corrected chi connectivity index (χ1v) is 7.05. The monoisotopic (exact) mass is 274 g/mol. The van der Waals surface area contributed by atoms with Gasteiger partial charge < -0.3 is 24.8 Å². The minimum absolute atomic E-state index is 0.208. The molecule has 0 aromatic rings. The van der Waals surface area contributed by atoms with Crippen LogP contribution in [0.2, 0.25) is 0 Å². The summed E-state index contributed by atoms with van der Waals surface area (Å²) < 4.78 is 10.8. The van der Waals surface area contributed by atoms with Crippen molar-refractivity contribution in [2.24, 2.45) is 0 Å². The van der Waals surface area contributed by atoms with E-state index in [-0.39, 0.29) is 13.2 Å². The van der Waals surface area contributed by atoms with E-state index in [4.69, 9.17) is 14.6 Å². The van der Waals surface area contributed by atoms with Crippen LogP contribution in [0.25, 0.3) is 0 Å². The van der Waals surface area contributed by atoms with Gasteiger partial charge in [-0.1, -0.05) is 19.1 Å². The highest BCUT2D eigenvalue weighted by molar-refractivity contribution is 4.87. The Morgan fingerprint density at radius 2 is 2.00 bits per heavy atom. The summed E-state index contributed by atoms with van der Waals surface area (Å²) in [4.78, 5) is 0. The van der Waals surface area contributed by atoms with E-state index in [1.54, 1.807) is 0 Å². The quantitative estimate of drug-likeness (QED) is 0.447. The third-order valence-electron chi connectivity index (χ3n) is 3.27. The van der Waals surface area contributed by atoms with Crippen LogP contribution >= 0.6 is 0 Å². The second-order valence-corrected chi connectivity index (χ2v) is 4.82. The summed E-state index contributed by atoms with van der Waals surface area (Å²) in [6.45, 7) is 2.56. The van der Waals surface area contributed by atoms with Gasteiger partial charge in [0.1, 0.15) is 24.4 Å². The maximum absolute atomic E-state index is 9.83. The molecule has 1 saturated heterocycles. The molecule has 1 rings (SSSR count). The van der Waals surface area contributed by atoms with Gasteiger partial charge in [-0.05, 0) is 25.7 Å². The number of hydrogen-bond donors (Lipinski definition) is 3. The molecule has 112 valence electrons. The predicted octanol–water partition coefficient (Wildman–Crippen LogP) is 0.621. The number of ether oxygens (including phenoxy) is 2. The zero-order valence-electron chi connectivity index (χ0n) is 11.6. The summed E-state index contributed by atoms with van der Waals surface area (Å²) in [7, 11) is 0. The number of aliphatic hydroxyl groups excluding tert-OH is 3. The van der Waals surface area contributed by atoms with Gasteiger partial charge in [-0.25, -0.2) is 0 Å². The lowest BCUT2D eigenvalue weighted by Gasteiger charge is -2.36. The molecule has 0 bridgehead atoms. The van der Waals surface area contributed by atoms with Gasteiger partial charge in [0.15, 0.2) is 0 Å². The third kappa shape index (κ3) is 5.58. The molecule has 0 saturated carbocycles. The molecule has 4 atom stereocenters. The van der Waals surface area contributed by atoms with Crippen molar-refractivity contribution in [3.05, 3.63) is 12.2 Å². The lowest BCUT2D eigenvalue weighted by Crippen LogP contribution is -2.55. The SMILES string of the molecule is CC/C=C/CCCCO[C@H]1CO[C@H](CO)[C@@H](O)[C@@H]1O. The summed E-state index contributed by atoms with van der Waals surface area (Å²) in [5.41, 5.74) is 0. The molecular formula is C14H26O5. The van der Waals surface area contributed by atoms with Crippen molar-refractivity contribution in [2.75, 3.05) is 19.8 Å². The minimum Gasteiger partial charge on any atom is -0.394 e. The fraction of sp³-hybridized carbons (Fsp3) is 0.857. The van der Waals surface area contributed by atoms with Gasteiger partial charge >= 0.3 is 0 Å². The van der Waals surface area contributed by atoms with E-state index in [9.17, 15) is 10.2 Å². The van der Waals surface area contributed by atoms with Gasteiger partial charge in [0, 0.05) is 6.61 Å². The molecule has 0 aliphatic carbocycles. The first kappa shape index (κ1) is 16.6. The molecule has 1 heterocycles. The van der Waals surface area contributed by atoms with Crippen molar-refractivity contribution in [3.63, 3.8) is 0 Å². The summed E-state index contributed by atoms with van der Waals surface area (Å²) in [6, 6.07) is 0. The summed E-state index contributed by atoms with van der Waals surface area (Å²) in [5.74, 6) is 0. The molecule has 0 spiro atoms. The highest BCUT2D eigenvalue weighted by Crippen LogP contribution is 2.18. The second-order valence-electron chi connectivity index (χ2n) is 4.82. The van der Waals surface area contributed by atoms with Gasteiger partial charge in [0.25, 0.3) is 0 Å². The van der Waals surface area contributed by atoms with Crippen LogP contribution in [0.5, 0.6) is 0 Å². The van der Waals surface area contributed by atoms with E-state index in [0.29, 0.717) is 6.61 Å². The Labute approximate surface area is 114 Å². The molecular weight excluding hydrogens is 248 g/mol. The Kier molecular flexibility index (Phi) is 8.25. The molecule has 0 amide bonds. The van der Waals surface area contributed by atoms with E-state index in [1.807, 2.05) is 0 Å². The highest BCUT2D eigenvalue weighted by atomic mass is 16.6. The minimum atomic E-state index is -1.09. The number of unbranched alkanes of at least 4 members (excludes halogenated alkanes) is 2. The molecule has 1 fully saturated rings. The van der Waals surface area contributed by atoms with Crippen LogP contribution in [-0.4, -0.2) is 59.6 Å². The largest absolute Gasteiger partial charge is 0.394 e. The Morgan fingerprint density at radius 3 is 2.68 bits per heavy atom. The predicted molar refractivity (Wildman–Crippen MR) is 71.9 cm³/mol. The maximum Gasteiger partial charge on any atom is 0.111 e. The average Bonchev–Trinajstić information content (AvgIpc) is 2.42. The molecule has 3 N–H and O–H groups in total. The first-order valence-electron chi connectivity index (χ1n) is 7.05. The average molecular weight is 274 g/mol. The van der Waals surface area contributed by atoms with Gasteiger partial charge in [-0.2, -0.15) is 0 Å². The van der Waals surface area contributed by atoms with Crippen LogP contribution in [0.3, 0.4) is 0 Å². The zero-order valence-corrected chi connectivity index (χ0v) is 11.6. The summed E-state index contributed by atoms with van der Waals surface area (Å²) in [5, 5.41) is 28.5. The normalized spacial score (nSPS) is 32.0. The molecule has 0 radical (unpaired) electrons. The van der Waals surface area contributed by atoms with Crippen molar-refractivity contribution >= 4 is 0 Å². The van der Waals surface area contributed by atoms with Crippen LogP contribution in [-0.2, 0) is 9.47 Å². The lowest BCUT2D eigenvalue weighted by atomic mass is 10.0. The Bertz CT molecular complexity index is 256. The van der Waals surface area contributed by atoms with Crippen molar-refractivity contribution in [3.8, 4) is 0 Å². The number of rotatable bonds is 8. The van der Waals surface area contributed by atoms with E-state index >= 15 is 0 Å². The van der Waals surface area contributed by atoms with Gasteiger partial charge in [0.2, 0.25) is 0 Å². The van der Waals surface area contributed by atoms with Crippen molar-refractivity contribution < 1.29 is 24.8 Å². The first-order chi connectivity index (χ1) is 9.20. The molecule has 5 nitrogen and oxygen atoms in total. The molecule has 1 aliphatic heterocycles. The van der Waals surface area contributed by atoms with E-state index in [0.717, 1.165) is 25.7 Å². The molecule has 19 heavy (non-hydrogen) atoms. The van der Waals surface area contributed by atoms with Crippen LogP contribution in [0.15, 0.2) is 12.2 Å². The Balaban J connectivity index is 2.14. The second kappa shape index (κ2) is 9.44. The maximum atomic E-state index is 9.83. The summed E-state index contributed by atoms with van der Waals surface area (Å²) in [6.07, 6.45) is 5.06. The standard InChI is InChI=1S/C14H26O5/c1-2-3-4-5-6-7-8-18-12-10-19-11(9-15)13(16)14(12)17/h3-4,11-17H,2,5-10H2,1H3/b4-3+/t11-,12+,13-,14-/m1/s1. The van der Waals surface area contributed by atoms with Crippen molar-refractivity contribution in [1.29, 1.82) is 0 Å². The van der Waals surface area contributed by atoms with Crippen LogP contribution in [0, 0.1) is 0 Å². The van der Waals surface area contributed by atoms with Gasteiger partial charge in [0.05, 0.1) is 13.2 Å². The molecule has 1 aliphatic rings.